The summed E-state index contributed by atoms with van der Waals surface area (Å²) in [6.07, 6.45) is 1.78. The summed E-state index contributed by atoms with van der Waals surface area (Å²) in [6, 6.07) is 5.51. The van der Waals surface area contributed by atoms with Crippen molar-refractivity contribution in [2.45, 2.75) is 13.3 Å². The zero-order valence-electron chi connectivity index (χ0n) is 15.0. The van der Waals surface area contributed by atoms with Crippen LogP contribution < -0.4 is 24.8 Å². The maximum Gasteiger partial charge on any atom is 0.208 e. The second-order valence-electron chi connectivity index (χ2n) is 4.94. The number of rotatable bonds is 9. The van der Waals surface area contributed by atoms with E-state index in [0.717, 1.165) is 11.9 Å². The molecule has 0 unspecified atom stereocenters. The topological polar surface area (TPSA) is 101 Å². The number of hydrogen-bond donors (Lipinski definition) is 3. The van der Waals surface area contributed by atoms with E-state index in [2.05, 4.69) is 20.3 Å². The molecule has 1 rings (SSSR count). The number of aliphatic imine (C=N–C) groups is 1. The van der Waals surface area contributed by atoms with Gasteiger partial charge in [0.1, 0.15) is 0 Å². The summed E-state index contributed by atoms with van der Waals surface area (Å²) in [6.45, 7) is 3.40. The lowest BCUT2D eigenvalue weighted by molar-refractivity contribution is 0.311. The van der Waals surface area contributed by atoms with Crippen LogP contribution in [0.2, 0.25) is 0 Å². The van der Waals surface area contributed by atoms with Gasteiger partial charge in [0, 0.05) is 31.9 Å². The van der Waals surface area contributed by atoms with E-state index in [0.29, 0.717) is 43.6 Å². The first-order valence-corrected chi connectivity index (χ1v) is 9.52. The van der Waals surface area contributed by atoms with E-state index in [4.69, 9.17) is 9.47 Å². The van der Waals surface area contributed by atoms with Crippen LogP contribution in [0.1, 0.15) is 13.3 Å². The summed E-state index contributed by atoms with van der Waals surface area (Å²) in [7, 11) is 0.112. The Labute approximate surface area is 166 Å². The second-order valence-corrected chi connectivity index (χ2v) is 6.78. The number of ether oxygens (including phenoxy) is 2. The SMILES string of the molecule is CCOc1cc(NC(=NC)NCCCNS(C)(=O)=O)ccc1OC.I. The number of guanidine groups is 1. The summed E-state index contributed by atoms with van der Waals surface area (Å²) in [4.78, 5) is 4.13. The molecule has 0 aliphatic heterocycles. The highest BCUT2D eigenvalue weighted by Crippen LogP contribution is 2.30. The molecule has 25 heavy (non-hydrogen) atoms. The summed E-state index contributed by atoms with van der Waals surface area (Å²) in [5.74, 6) is 1.90. The van der Waals surface area contributed by atoms with E-state index in [9.17, 15) is 8.42 Å². The van der Waals surface area contributed by atoms with Gasteiger partial charge in [0.2, 0.25) is 10.0 Å². The molecule has 0 saturated carbocycles. The Balaban J connectivity index is 0.00000576. The molecule has 0 atom stereocenters. The predicted molar refractivity (Wildman–Crippen MR) is 112 cm³/mol. The van der Waals surface area contributed by atoms with Crippen molar-refractivity contribution < 1.29 is 17.9 Å². The van der Waals surface area contributed by atoms with Crippen LogP contribution in [-0.4, -0.2) is 54.5 Å². The van der Waals surface area contributed by atoms with Crippen molar-refractivity contribution in [2.24, 2.45) is 4.99 Å². The van der Waals surface area contributed by atoms with Crippen LogP contribution in [0.15, 0.2) is 23.2 Å². The van der Waals surface area contributed by atoms with E-state index in [-0.39, 0.29) is 24.0 Å². The summed E-state index contributed by atoms with van der Waals surface area (Å²) in [5, 5.41) is 6.27. The van der Waals surface area contributed by atoms with Gasteiger partial charge < -0.3 is 20.1 Å². The van der Waals surface area contributed by atoms with Crippen LogP contribution in [0.5, 0.6) is 11.5 Å². The summed E-state index contributed by atoms with van der Waals surface area (Å²) < 4.78 is 35.2. The third kappa shape index (κ3) is 9.70. The first-order valence-electron chi connectivity index (χ1n) is 7.62. The molecule has 0 aromatic heterocycles. The van der Waals surface area contributed by atoms with Crippen molar-refractivity contribution in [3.8, 4) is 11.5 Å². The van der Waals surface area contributed by atoms with Gasteiger partial charge in [-0.15, -0.1) is 24.0 Å². The highest BCUT2D eigenvalue weighted by atomic mass is 127. The van der Waals surface area contributed by atoms with Crippen LogP contribution in [0.4, 0.5) is 5.69 Å². The number of halogens is 1. The Hall–Kier alpha value is -1.27. The van der Waals surface area contributed by atoms with Crippen LogP contribution in [0.3, 0.4) is 0 Å². The number of benzene rings is 1. The maximum atomic E-state index is 11.0. The molecule has 144 valence electrons. The lowest BCUT2D eigenvalue weighted by Crippen LogP contribution is -2.33. The van der Waals surface area contributed by atoms with E-state index in [1.807, 2.05) is 25.1 Å². The summed E-state index contributed by atoms with van der Waals surface area (Å²) >= 11 is 0. The van der Waals surface area contributed by atoms with Crippen molar-refractivity contribution >= 4 is 45.6 Å². The number of anilines is 1. The molecule has 0 radical (unpaired) electrons. The maximum absolute atomic E-state index is 11.0. The first kappa shape index (κ1) is 23.7. The fraction of sp³-hybridized carbons (Fsp3) is 0.533. The van der Waals surface area contributed by atoms with Crippen LogP contribution in [-0.2, 0) is 10.0 Å². The lowest BCUT2D eigenvalue weighted by Gasteiger charge is -2.14. The van der Waals surface area contributed by atoms with Gasteiger partial charge in [-0.05, 0) is 25.5 Å². The molecular weight excluding hydrogens is 459 g/mol. The molecule has 0 saturated heterocycles. The fourth-order valence-corrected chi connectivity index (χ4v) is 2.41. The quantitative estimate of drug-likeness (QED) is 0.212. The van der Waals surface area contributed by atoms with Gasteiger partial charge in [-0.25, -0.2) is 13.1 Å². The molecule has 8 nitrogen and oxygen atoms in total. The summed E-state index contributed by atoms with van der Waals surface area (Å²) in [5.41, 5.74) is 0.807. The minimum absolute atomic E-state index is 0. The standard InChI is InChI=1S/C15H26N4O4S.HI/c1-5-23-14-11-12(7-8-13(14)22-3)19-15(16-2)17-9-6-10-18-24(4,20)21;/h7-8,11,18H,5-6,9-10H2,1-4H3,(H2,16,17,19);1H. The van der Waals surface area contributed by atoms with Crippen molar-refractivity contribution in [1.29, 1.82) is 0 Å². The first-order chi connectivity index (χ1) is 11.4. The zero-order chi connectivity index (χ0) is 18.0. The molecule has 0 fully saturated rings. The molecule has 0 spiro atoms. The monoisotopic (exact) mass is 486 g/mol. The minimum Gasteiger partial charge on any atom is -0.493 e. The molecule has 0 aliphatic carbocycles. The van der Waals surface area contributed by atoms with Crippen molar-refractivity contribution in [3.63, 3.8) is 0 Å². The number of nitrogens with zero attached hydrogens (tertiary/aromatic N) is 1. The van der Waals surface area contributed by atoms with Crippen molar-refractivity contribution in [1.82, 2.24) is 10.0 Å². The van der Waals surface area contributed by atoms with Gasteiger partial charge in [0.05, 0.1) is 20.0 Å². The van der Waals surface area contributed by atoms with Gasteiger partial charge in [0.25, 0.3) is 0 Å². The Bertz CT molecular complexity index is 653. The highest BCUT2D eigenvalue weighted by molar-refractivity contribution is 14.0. The average molecular weight is 486 g/mol. The minimum atomic E-state index is -3.15. The Morgan fingerprint density at radius 2 is 1.96 bits per heavy atom. The highest BCUT2D eigenvalue weighted by Gasteiger charge is 2.07. The third-order valence-corrected chi connectivity index (χ3v) is 3.69. The van der Waals surface area contributed by atoms with Gasteiger partial charge in [0.15, 0.2) is 17.5 Å². The van der Waals surface area contributed by atoms with E-state index in [1.165, 1.54) is 0 Å². The lowest BCUT2D eigenvalue weighted by atomic mass is 10.2. The molecule has 10 heteroatoms. The van der Waals surface area contributed by atoms with Crippen molar-refractivity contribution in [2.75, 3.05) is 45.4 Å². The average Bonchev–Trinajstić information content (AvgIpc) is 2.53. The number of methoxy groups -OCH3 is 1. The zero-order valence-corrected chi connectivity index (χ0v) is 18.1. The second kappa shape index (κ2) is 12.1. The molecule has 0 heterocycles. The van der Waals surface area contributed by atoms with E-state index in [1.54, 1.807) is 14.2 Å². The molecule has 1 aromatic rings. The number of nitrogens with one attached hydrogen (secondary N) is 3. The molecule has 3 N–H and O–H groups in total. The van der Waals surface area contributed by atoms with Crippen LogP contribution in [0, 0.1) is 0 Å². The smallest absolute Gasteiger partial charge is 0.208 e. The molecule has 0 bridgehead atoms. The van der Waals surface area contributed by atoms with Gasteiger partial charge in [-0.2, -0.15) is 0 Å². The Kier molecular flexibility index (Phi) is 11.5. The van der Waals surface area contributed by atoms with Crippen LogP contribution >= 0.6 is 24.0 Å². The number of sulfonamides is 1. The third-order valence-electron chi connectivity index (χ3n) is 2.96. The predicted octanol–water partition coefficient (Wildman–Crippen LogP) is 1.64. The normalized spacial score (nSPS) is 11.4. The van der Waals surface area contributed by atoms with E-state index < -0.39 is 10.0 Å². The molecular formula is C15H27IN4O4S. The largest absolute Gasteiger partial charge is 0.493 e. The van der Waals surface area contributed by atoms with Crippen molar-refractivity contribution in [3.05, 3.63) is 18.2 Å². The Morgan fingerprint density at radius 3 is 2.52 bits per heavy atom. The van der Waals surface area contributed by atoms with E-state index >= 15 is 0 Å². The Morgan fingerprint density at radius 1 is 1.24 bits per heavy atom. The van der Waals surface area contributed by atoms with Gasteiger partial charge >= 0.3 is 0 Å². The number of hydrogen-bond acceptors (Lipinski definition) is 5. The molecule has 0 aliphatic rings. The van der Waals surface area contributed by atoms with Crippen LogP contribution in [0.25, 0.3) is 0 Å². The van der Waals surface area contributed by atoms with Gasteiger partial charge in [-0.3, -0.25) is 4.99 Å². The molecule has 1 aromatic carbocycles. The fourth-order valence-electron chi connectivity index (χ4n) is 1.89. The molecule has 0 amide bonds. The van der Waals surface area contributed by atoms with Gasteiger partial charge in [-0.1, -0.05) is 0 Å².